The minimum Gasteiger partial charge on any atom is -0.394 e. The zero-order chi connectivity index (χ0) is 8.59. The molecule has 0 aliphatic carbocycles. The number of anilines is 1. The van der Waals surface area contributed by atoms with Crippen LogP contribution in [0.5, 0.6) is 0 Å². The SMILES string of the molecule is Cc1[nH]c(=O)c(N)c(C)c1C. The molecule has 1 heterocycles. The maximum atomic E-state index is 11.0. The van der Waals surface area contributed by atoms with Crippen LogP contribution in [0.2, 0.25) is 0 Å². The molecule has 0 aliphatic heterocycles. The van der Waals surface area contributed by atoms with Crippen molar-refractivity contribution in [1.29, 1.82) is 0 Å². The van der Waals surface area contributed by atoms with E-state index in [9.17, 15) is 4.79 Å². The largest absolute Gasteiger partial charge is 0.394 e. The van der Waals surface area contributed by atoms with Gasteiger partial charge in [0.2, 0.25) is 0 Å². The lowest BCUT2D eigenvalue weighted by atomic mass is 10.1. The molecule has 1 rings (SSSR count). The summed E-state index contributed by atoms with van der Waals surface area (Å²) < 4.78 is 0. The summed E-state index contributed by atoms with van der Waals surface area (Å²) in [6.45, 7) is 5.66. The van der Waals surface area contributed by atoms with Gasteiger partial charge < -0.3 is 10.7 Å². The monoisotopic (exact) mass is 152 g/mol. The first-order valence-electron chi connectivity index (χ1n) is 3.49. The number of aromatic amines is 1. The summed E-state index contributed by atoms with van der Waals surface area (Å²) in [6, 6.07) is 0. The molecule has 0 saturated carbocycles. The zero-order valence-electron chi connectivity index (χ0n) is 6.99. The van der Waals surface area contributed by atoms with Gasteiger partial charge in [-0.1, -0.05) is 0 Å². The number of aromatic nitrogens is 1. The first kappa shape index (κ1) is 7.85. The fourth-order valence-electron chi connectivity index (χ4n) is 0.985. The zero-order valence-corrected chi connectivity index (χ0v) is 6.99. The molecule has 3 heteroatoms. The van der Waals surface area contributed by atoms with Crippen LogP contribution in [0.4, 0.5) is 5.69 Å². The second kappa shape index (κ2) is 2.42. The number of nitrogens with two attached hydrogens (primary N) is 1. The Morgan fingerprint density at radius 3 is 2.27 bits per heavy atom. The fraction of sp³-hybridized carbons (Fsp3) is 0.375. The van der Waals surface area contributed by atoms with Crippen LogP contribution < -0.4 is 11.3 Å². The quantitative estimate of drug-likeness (QED) is 0.579. The van der Waals surface area contributed by atoms with Gasteiger partial charge in [-0.25, -0.2) is 0 Å². The van der Waals surface area contributed by atoms with Crippen LogP contribution in [-0.4, -0.2) is 4.98 Å². The highest BCUT2D eigenvalue weighted by Crippen LogP contribution is 2.11. The van der Waals surface area contributed by atoms with Gasteiger partial charge in [0.1, 0.15) is 5.69 Å². The number of nitrogens with one attached hydrogen (secondary N) is 1. The lowest BCUT2D eigenvalue weighted by Gasteiger charge is -2.05. The summed E-state index contributed by atoms with van der Waals surface area (Å²) in [5, 5.41) is 0. The second-order valence-electron chi connectivity index (χ2n) is 2.74. The molecular formula is C8H12N2O. The molecule has 3 N–H and O–H groups in total. The van der Waals surface area contributed by atoms with Crippen LogP contribution in [0.25, 0.3) is 0 Å². The molecule has 0 aliphatic rings. The van der Waals surface area contributed by atoms with E-state index in [4.69, 9.17) is 5.73 Å². The Morgan fingerprint density at radius 1 is 1.18 bits per heavy atom. The molecule has 0 saturated heterocycles. The molecule has 0 amide bonds. The molecule has 3 nitrogen and oxygen atoms in total. The molecule has 1 aromatic rings. The lowest BCUT2D eigenvalue weighted by Crippen LogP contribution is -2.15. The third-order valence-electron chi connectivity index (χ3n) is 2.07. The van der Waals surface area contributed by atoms with Crippen molar-refractivity contribution >= 4 is 5.69 Å². The van der Waals surface area contributed by atoms with Crippen LogP contribution in [-0.2, 0) is 0 Å². The molecule has 0 fully saturated rings. The summed E-state index contributed by atoms with van der Waals surface area (Å²) in [6.07, 6.45) is 0. The van der Waals surface area contributed by atoms with Gasteiger partial charge in [-0.3, -0.25) is 4.79 Å². The second-order valence-corrected chi connectivity index (χ2v) is 2.74. The van der Waals surface area contributed by atoms with Crippen molar-refractivity contribution in [2.24, 2.45) is 0 Å². The maximum Gasteiger partial charge on any atom is 0.271 e. The van der Waals surface area contributed by atoms with Gasteiger partial charge in [-0.2, -0.15) is 0 Å². The summed E-state index contributed by atoms with van der Waals surface area (Å²) in [4.78, 5) is 13.7. The van der Waals surface area contributed by atoms with Crippen LogP contribution in [0.3, 0.4) is 0 Å². The highest BCUT2D eigenvalue weighted by molar-refractivity contribution is 5.48. The van der Waals surface area contributed by atoms with E-state index in [1.165, 1.54) is 0 Å². The third kappa shape index (κ3) is 1.13. The van der Waals surface area contributed by atoms with Gasteiger partial charge >= 0.3 is 0 Å². The molecule has 0 unspecified atom stereocenters. The van der Waals surface area contributed by atoms with E-state index in [0.717, 1.165) is 16.8 Å². The van der Waals surface area contributed by atoms with E-state index in [1.807, 2.05) is 20.8 Å². The Kier molecular flexibility index (Phi) is 1.72. The molecule has 1 aromatic heterocycles. The number of hydrogen-bond acceptors (Lipinski definition) is 2. The van der Waals surface area contributed by atoms with Crippen molar-refractivity contribution in [3.05, 3.63) is 27.2 Å². The van der Waals surface area contributed by atoms with Gasteiger partial charge in [-0.15, -0.1) is 0 Å². The summed E-state index contributed by atoms with van der Waals surface area (Å²) in [7, 11) is 0. The topological polar surface area (TPSA) is 58.9 Å². The molecular weight excluding hydrogens is 140 g/mol. The minimum absolute atomic E-state index is 0.189. The Bertz CT molecular complexity index is 339. The fourth-order valence-corrected chi connectivity index (χ4v) is 0.985. The van der Waals surface area contributed by atoms with Crippen molar-refractivity contribution in [3.63, 3.8) is 0 Å². The predicted molar refractivity (Wildman–Crippen MR) is 45.7 cm³/mol. The average Bonchev–Trinajstić information content (AvgIpc) is 1.97. The lowest BCUT2D eigenvalue weighted by molar-refractivity contribution is 1.08. The molecule has 60 valence electrons. The van der Waals surface area contributed by atoms with E-state index in [2.05, 4.69) is 4.98 Å². The molecule has 0 spiro atoms. The van der Waals surface area contributed by atoms with Crippen molar-refractivity contribution in [3.8, 4) is 0 Å². The first-order valence-corrected chi connectivity index (χ1v) is 3.49. The van der Waals surface area contributed by atoms with E-state index in [-0.39, 0.29) is 5.56 Å². The van der Waals surface area contributed by atoms with Crippen LogP contribution in [0.15, 0.2) is 4.79 Å². The Hall–Kier alpha value is -1.25. The van der Waals surface area contributed by atoms with Crippen molar-refractivity contribution in [2.45, 2.75) is 20.8 Å². The smallest absolute Gasteiger partial charge is 0.271 e. The maximum absolute atomic E-state index is 11.0. The average molecular weight is 152 g/mol. The molecule has 0 atom stereocenters. The number of pyridine rings is 1. The standard InChI is InChI=1S/C8H12N2O/c1-4-5(2)7(9)8(11)10-6(4)3/h9H2,1-3H3,(H,10,11). The highest BCUT2D eigenvalue weighted by atomic mass is 16.1. The number of rotatable bonds is 0. The number of hydrogen-bond donors (Lipinski definition) is 2. The number of nitrogen functional groups attached to an aromatic ring is 1. The molecule has 0 aromatic carbocycles. The van der Waals surface area contributed by atoms with Crippen LogP contribution in [0.1, 0.15) is 16.8 Å². The third-order valence-corrected chi connectivity index (χ3v) is 2.07. The minimum atomic E-state index is -0.189. The Balaban J connectivity index is 3.59. The normalized spacial score (nSPS) is 10.1. The van der Waals surface area contributed by atoms with Gasteiger partial charge in [0, 0.05) is 5.69 Å². The van der Waals surface area contributed by atoms with E-state index in [1.54, 1.807) is 0 Å². The Morgan fingerprint density at radius 2 is 1.73 bits per heavy atom. The summed E-state index contributed by atoms with van der Waals surface area (Å²) in [5.41, 5.74) is 8.47. The van der Waals surface area contributed by atoms with Crippen molar-refractivity contribution in [2.75, 3.05) is 5.73 Å². The van der Waals surface area contributed by atoms with Gasteiger partial charge in [-0.05, 0) is 31.9 Å². The summed E-state index contributed by atoms with van der Waals surface area (Å²) >= 11 is 0. The molecule has 0 bridgehead atoms. The van der Waals surface area contributed by atoms with E-state index < -0.39 is 0 Å². The summed E-state index contributed by atoms with van der Waals surface area (Å²) in [5.74, 6) is 0. The van der Waals surface area contributed by atoms with Crippen molar-refractivity contribution < 1.29 is 0 Å². The Labute approximate surface area is 65.2 Å². The molecule has 0 radical (unpaired) electrons. The molecule has 11 heavy (non-hydrogen) atoms. The van der Waals surface area contributed by atoms with Gasteiger partial charge in [0.05, 0.1) is 0 Å². The number of H-pyrrole nitrogens is 1. The van der Waals surface area contributed by atoms with E-state index >= 15 is 0 Å². The van der Waals surface area contributed by atoms with Crippen LogP contribution in [0, 0.1) is 20.8 Å². The van der Waals surface area contributed by atoms with E-state index in [0.29, 0.717) is 5.69 Å². The number of aryl methyl sites for hydroxylation is 1. The van der Waals surface area contributed by atoms with Crippen LogP contribution >= 0.6 is 0 Å². The first-order chi connectivity index (χ1) is 5.04. The van der Waals surface area contributed by atoms with Gasteiger partial charge in [0.25, 0.3) is 5.56 Å². The van der Waals surface area contributed by atoms with Gasteiger partial charge in [0.15, 0.2) is 0 Å². The highest BCUT2D eigenvalue weighted by Gasteiger charge is 2.04. The predicted octanol–water partition coefficient (Wildman–Crippen LogP) is 0.882. The van der Waals surface area contributed by atoms with Crippen molar-refractivity contribution in [1.82, 2.24) is 4.98 Å².